The molecule has 0 bridgehead atoms. The molecule has 0 spiro atoms. The van der Waals surface area contributed by atoms with E-state index in [4.69, 9.17) is 0 Å². The van der Waals surface area contributed by atoms with E-state index in [1.165, 1.54) is 19.3 Å². The van der Waals surface area contributed by atoms with E-state index in [1.54, 1.807) is 24.1 Å². The number of carbonyl (C=O) groups excluding carboxylic acids is 2. The van der Waals surface area contributed by atoms with Crippen LogP contribution in [0.3, 0.4) is 0 Å². The lowest BCUT2D eigenvalue weighted by Gasteiger charge is -2.24. The summed E-state index contributed by atoms with van der Waals surface area (Å²) in [6.45, 7) is 0.176. The van der Waals surface area contributed by atoms with E-state index in [0.29, 0.717) is 17.9 Å². The smallest absolute Gasteiger partial charge is 0.222 e. The van der Waals surface area contributed by atoms with Crippen molar-refractivity contribution in [2.24, 2.45) is 5.92 Å². The summed E-state index contributed by atoms with van der Waals surface area (Å²) in [5.41, 5.74) is 0.671. The molecule has 1 fully saturated rings. The van der Waals surface area contributed by atoms with Crippen molar-refractivity contribution >= 4 is 11.7 Å². The molecule has 0 radical (unpaired) electrons. The molecule has 0 aliphatic heterocycles. The van der Waals surface area contributed by atoms with Crippen molar-refractivity contribution in [3.63, 3.8) is 0 Å². The van der Waals surface area contributed by atoms with Crippen LogP contribution in [0, 0.1) is 5.92 Å². The molecular formula is C17H23NO2. The second-order valence-corrected chi connectivity index (χ2v) is 5.75. The van der Waals surface area contributed by atoms with Gasteiger partial charge in [-0.05, 0) is 18.8 Å². The molecular weight excluding hydrogens is 250 g/mol. The van der Waals surface area contributed by atoms with Crippen LogP contribution in [0.25, 0.3) is 0 Å². The maximum atomic E-state index is 12.2. The van der Waals surface area contributed by atoms with Crippen molar-refractivity contribution in [2.45, 2.75) is 38.5 Å². The van der Waals surface area contributed by atoms with Gasteiger partial charge in [0.25, 0.3) is 0 Å². The van der Waals surface area contributed by atoms with Crippen molar-refractivity contribution in [3.8, 4) is 0 Å². The van der Waals surface area contributed by atoms with Gasteiger partial charge in [0.15, 0.2) is 5.78 Å². The second-order valence-electron chi connectivity index (χ2n) is 5.75. The number of ketones is 1. The van der Waals surface area contributed by atoms with E-state index in [1.807, 2.05) is 18.2 Å². The highest BCUT2D eigenvalue weighted by Gasteiger charge is 2.20. The van der Waals surface area contributed by atoms with Gasteiger partial charge >= 0.3 is 0 Å². The zero-order valence-electron chi connectivity index (χ0n) is 12.2. The summed E-state index contributed by atoms with van der Waals surface area (Å²) >= 11 is 0. The number of nitrogens with zero attached hydrogens (tertiary/aromatic N) is 1. The Kier molecular flexibility index (Phi) is 5.33. The summed E-state index contributed by atoms with van der Waals surface area (Å²) in [6, 6.07) is 9.16. The van der Waals surface area contributed by atoms with Crippen molar-refractivity contribution in [1.29, 1.82) is 0 Å². The third kappa shape index (κ3) is 4.19. The Morgan fingerprint density at radius 3 is 2.40 bits per heavy atom. The maximum Gasteiger partial charge on any atom is 0.222 e. The summed E-state index contributed by atoms with van der Waals surface area (Å²) in [5, 5.41) is 0. The summed E-state index contributed by atoms with van der Waals surface area (Å²) in [7, 11) is 1.73. The Morgan fingerprint density at radius 1 is 1.10 bits per heavy atom. The number of benzene rings is 1. The van der Waals surface area contributed by atoms with Crippen LogP contribution >= 0.6 is 0 Å². The molecule has 3 heteroatoms. The predicted octanol–water partition coefficient (Wildman–Crippen LogP) is 3.30. The fraction of sp³-hybridized carbons (Fsp3) is 0.529. The van der Waals surface area contributed by atoms with Crippen LogP contribution < -0.4 is 0 Å². The van der Waals surface area contributed by atoms with Gasteiger partial charge in [-0.15, -0.1) is 0 Å². The minimum atomic E-state index is 0.00472. The number of hydrogen-bond donors (Lipinski definition) is 0. The van der Waals surface area contributed by atoms with Gasteiger partial charge in [0.05, 0.1) is 6.54 Å². The maximum absolute atomic E-state index is 12.2. The van der Waals surface area contributed by atoms with Crippen LogP contribution in [0.5, 0.6) is 0 Å². The largest absolute Gasteiger partial charge is 0.338 e. The highest BCUT2D eigenvalue weighted by Crippen LogP contribution is 2.26. The van der Waals surface area contributed by atoms with E-state index in [9.17, 15) is 9.59 Å². The molecule has 1 amide bonds. The Balaban J connectivity index is 1.83. The average molecular weight is 273 g/mol. The molecule has 0 atom stereocenters. The van der Waals surface area contributed by atoms with Crippen molar-refractivity contribution in [3.05, 3.63) is 35.9 Å². The quantitative estimate of drug-likeness (QED) is 0.772. The molecule has 0 N–H and O–H groups in total. The molecule has 20 heavy (non-hydrogen) atoms. The highest BCUT2D eigenvalue weighted by molar-refractivity contribution is 5.99. The van der Waals surface area contributed by atoms with Crippen molar-refractivity contribution in [1.82, 2.24) is 4.90 Å². The molecule has 2 rings (SSSR count). The standard InChI is InChI=1S/C17H23NO2/c1-18(13-16(19)15-10-6-3-7-11-15)17(20)12-14-8-4-2-5-9-14/h3,6-7,10-11,14H,2,4-5,8-9,12-13H2,1H3. The molecule has 1 aliphatic rings. The third-order valence-electron chi connectivity index (χ3n) is 4.09. The van der Waals surface area contributed by atoms with Gasteiger partial charge in [0.2, 0.25) is 5.91 Å². The summed E-state index contributed by atoms with van der Waals surface area (Å²) < 4.78 is 0. The number of likely N-dealkylation sites (N-methyl/N-ethyl adjacent to an activating group) is 1. The third-order valence-corrected chi connectivity index (χ3v) is 4.09. The SMILES string of the molecule is CN(CC(=O)c1ccccc1)C(=O)CC1CCCCC1. The first-order valence-corrected chi connectivity index (χ1v) is 7.49. The van der Waals surface area contributed by atoms with E-state index in [0.717, 1.165) is 12.8 Å². The molecule has 0 unspecified atom stereocenters. The fourth-order valence-electron chi connectivity index (χ4n) is 2.81. The van der Waals surface area contributed by atoms with Gasteiger partial charge in [-0.25, -0.2) is 0 Å². The van der Waals surface area contributed by atoms with Gasteiger partial charge in [-0.2, -0.15) is 0 Å². The van der Waals surface area contributed by atoms with Crippen LogP contribution in [0.2, 0.25) is 0 Å². The normalized spacial score (nSPS) is 15.8. The molecule has 108 valence electrons. The van der Waals surface area contributed by atoms with Crippen LogP contribution in [-0.4, -0.2) is 30.2 Å². The van der Waals surface area contributed by atoms with E-state index in [2.05, 4.69) is 0 Å². The minimum absolute atomic E-state index is 0.00472. The minimum Gasteiger partial charge on any atom is -0.338 e. The molecule has 0 aromatic heterocycles. The molecule has 0 saturated heterocycles. The van der Waals surface area contributed by atoms with Crippen molar-refractivity contribution < 1.29 is 9.59 Å². The van der Waals surface area contributed by atoms with E-state index < -0.39 is 0 Å². The Bertz CT molecular complexity index is 449. The molecule has 1 saturated carbocycles. The zero-order valence-corrected chi connectivity index (χ0v) is 12.2. The summed E-state index contributed by atoms with van der Waals surface area (Å²) in [5.74, 6) is 0.622. The first kappa shape index (κ1) is 14.8. The van der Waals surface area contributed by atoms with Crippen LogP contribution in [-0.2, 0) is 4.79 Å². The second kappa shape index (κ2) is 7.22. The van der Waals surface area contributed by atoms with Crippen molar-refractivity contribution in [2.75, 3.05) is 13.6 Å². The van der Waals surface area contributed by atoms with E-state index >= 15 is 0 Å². The van der Waals surface area contributed by atoms with Gasteiger partial charge in [0, 0.05) is 19.0 Å². The van der Waals surface area contributed by atoms with Crippen LogP contribution in [0.4, 0.5) is 0 Å². The van der Waals surface area contributed by atoms with Gasteiger partial charge in [-0.1, -0.05) is 49.6 Å². The number of Topliss-reactive ketones (excluding diaryl/α,β-unsaturated/α-hetero) is 1. The van der Waals surface area contributed by atoms with Gasteiger partial charge < -0.3 is 4.90 Å². The molecule has 3 nitrogen and oxygen atoms in total. The topological polar surface area (TPSA) is 37.4 Å². The predicted molar refractivity (Wildman–Crippen MR) is 79.6 cm³/mol. The molecule has 0 heterocycles. The van der Waals surface area contributed by atoms with Crippen LogP contribution in [0.15, 0.2) is 30.3 Å². The average Bonchev–Trinajstić information content (AvgIpc) is 2.49. The fourth-order valence-corrected chi connectivity index (χ4v) is 2.81. The molecule has 1 aromatic carbocycles. The van der Waals surface area contributed by atoms with Gasteiger partial charge in [0.1, 0.15) is 0 Å². The lowest BCUT2D eigenvalue weighted by atomic mass is 9.86. The van der Waals surface area contributed by atoms with Crippen LogP contribution in [0.1, 0.15) is 48.9 Å². The molecule has 1 aromatic rings. The lowest BCUT2D eigenvalue weighted by molar-refractivity contribution is -0.130. The highest BCUT2D eigenvalue weighted by atomic mass is 16.2. The van der Waals surface area contributed by atoms with E-state index in [-0.39, 0.29) is 18.2 Å². The van der Waals surface area contributed by atoms with Gasteiger partial charge in [-0.3, -0.25) is 9.59 Å². The lowest BCUT2D eigenvalue weighted by Crippen LogP contribution is -2.33. The Morgan fingerprint density at radius 2 is 1.75 bits per heavy atom. The number of amides is 1. The monoisotopic (exact) mass is 273 g/mol. The zero-order chi connectivity index (χ0) is 14.4. The number of hydrogen-bond acceptors (Lipinski definition) is 2. The summed E-state index contributed by atoms with van der Waals surface area (Å²) in [6.07, 6.45) is 6.69. The summed E-state index contributed by atoms with van der Waals surface area (Å²) in [4.78, 5) is 25.8. The Hall–Kier alpha value is -1.64. The number of rotatable bonds is 5. The first-order chi connectivity index (χ1) is 9.66. The molecule has 1 aliphatic carbocycles. The first-order valence-electron chi connectivity index (χ1n) is 7.49. The number of carbonyl (C=O) groups is 2. The Labute approximate surface area is 121 Å².